The minimum absolute atomic E-state index is 0.304. The number of carbonyl (C=O) groups excluding carboxylic acids is 1. The zero-order valence-corrected chi connectivity index (χ0v) is 7.76. The molecule has 0 aliphatic rings. The molecule has 0 aromatic rings. The normalized spacial score (nSPS) is 13.7. The Morgan fingerprint density at radius 3 is 2.64 bits per heavy atom. The van der Waals surface area contributed by atoms with E-state index in [0.717, 1.165) is 19.3 Å². The highest BCUT2D eigenvalue weighted by atomic mass is 16.1. The zero-order valence-electron chi connectivity index (χ0n) is 7.76. The lowest BCUT2D eigenvalue weighted by atomic mass is 10.00. The van der Waals surface area contributed by atoms with Crippen LogP contribution in [0.15, 0.2) is 12.2 Å². The Bertz CT molecular complexity index is 136. The summed E-state index contributed by atoms with van der Waals surface area (Å²) in [5.74, 6) is 0.849. The highest BCUT2D eigenvalue weighted by Gasteiger charge is 2.02. The van der Waals surface area contributed by atoms with Gasteiger partial charge in [-0.25, -0.2) is 0 Å². The number of carbonyl (C=O) groups is 1. The predicted molar refractivity (Wildman–Crippen MR) is 48.5 cm³/mol. The van der Waals surface area contributed by atoms with E-state index in [0.29, 0.717) is 11.7 Å². The summed E-state index contributed by atoms with van der Waals surface area (Å²) in [6.07, 6.45) is 7.17. The van der Waals surface area contributed by atoms with Crippen molar-refractivity contribution in [2.75, 3.05) is 0 Å². The Labute approximate surface area is 69.5 Å². The maximum atomic E-state index is 10.7. The third-order valence-electron chi connectivity index (χ3n) is 1.70. The molecule has 0 spiro atoms. The molecule has 0 saturated heterocycles. The lowest BCUT2D eigenvalue weighted by molar-refractivity contribution is -0.117. The summed E-state index contributed by atoms with van der Waals surface area (Å²) in [4.78, 5) is 10.7. The van der Waals surface area contributed by atoms with Gasteiger partial charge in [-0.2, -0.15) is 0 Å². The van der Waals surface area contributed by atoms with Crippen molar-refractivity contribution >= 4 is 5.78 Å². The van der Waals surface area contributed by atoms with Gasteiger partial charge in [0, 0.05) is 6.42 Å². The number of hydrogen-bond donors (Lipinski definition) is 0. The molecule has 0 aromatic carbocycles. The van der Waals surface area contributed by atoms with E-state index in [2.05, 4.69) is 19.1 Å². The first-order chi connectivity index (χ1) is 5.16. The minimum Gasteiger partial charge on any atom is -0.300 e. The summed E-state index contributed by atoms with van der Waals surface area (Å²) in [7, 11) is 0. The summed E-state index contributed by atoms with van der Waals surface area (Å²) in [5.41, 5.74) is 0. The quantitative estimate of drug-likeness (QED) is 0.556. The van der Waals surface area contributed by atoms with E-state index in [4.69, 9.17) is 0 Å². The first kappa shape index (κ1) is 10.4. The van der Waals surface area contributed by atoms with Gasteiger partial charge in [0.25, 0.3) is 0 Å². The van der Waals surface area contributed by atoms with E-state index < -0.39 is 0 Å². The molecule has 64 valence electrons. The SMILES string of the molecule is CC=CCCC(C)CC(C)=O. The van der Waals surface area contributed by atoms with Gasteiger partial charge < -0.3 is 4.79 Å². The number of allylic oxidation sites excluding steroid dienone is 2. The van der Waals surface area contributed by atoms with E-state index in [1.165, 1.54) is 0 Å². The molecule has 0 saturated carbocycles. The molecule has 0 N–H and O–H groups in total. The molecule has 0 fully saturated rings. The van der Waals surface area contributed by atoms with Crippen LogP contribution in [-0.2, 0) is 4.79 Å². The Hall–Kier alpha value is -0.590. The Kier molecular flexibility index (Phi) is 5.81. The van der Waals surface area contributed by atoms with Gasteiger partial charge in [-0.05, 0) is 32.6 Å². The van der Waals surface area contributed by atoms with Crippen molar-refractivity contribution in [3.63, 3.8) is 0 Å². The first-order valence-corrected chi connectivity index (χ1v) is 4.27. The molecule has 1 atom stereocenters. The van der Waals surface area contributed by atoms with E-state index in [1.807, 2.05) is 6.92 Å². The smallest absolute Gasteiger partial charge is 0.130 e. The van der Waals surface area contributed by atoms with E-state index in [-0.39, 0.29) is 0 Å². The van der Waals surface area contributed by atoms with Gasteiger partial charge >= 0.3 is 0 Å². The van der Waals surface area contributed by atoms with Crippen molar-refractivity contribution < 1.29 is 4.79 Å². The molecule has 0 bridgehead atoms. The molecule has 0 amide bonds. The van der Waals surface area contributed by atoms with Crippen molar-refractivity contribution in [3.8, 4) is 0 Å². The monoisotopic (exact) mass is 154 g/mol. The van der Waals surface area contributed by atoms with Crippen molar-refractivity contribution in [1.29, 1.82) is 0 Å². The van der Waals surface area contributed by atoms with Crippen LogP contribution in [0.3, 0.4) is 0 Å². The van der Waals surface area contributed by atoms with Gasteiger partial charge in [0.05, 0.1) is 0 Å². The average Bonchev–Trinajstić information content (AvgIpc) is 1.86. The first-order valence-electron chi connectivity index (χ1n) is 4.27. The third-order valence-corrected chi connectivity index (χ3v) is 1.70. The number of rotatable bonds is 5. The van der Waals surface area contributed by atoms with Gasteiger partial charge in [-0.1, -0.05) is 19.1 Å². The summed E-state index contributed by atoms with van der Waals surface area (Å²) in [6.45, 7) is 5.81. The molecule has 0 heterocycles. The maximum Gasteiger partial charge on any atom is 0.130 e. The second kappa shape index (κ2) is 6.14. The van der Waals surface area contributed by atoms with Crippen molar-refractivity contribution in [3.05, 3.63) is 12.2 Å². The number of Topliss-reactive ketones (excluding diaryl/α,β-unsaturated/α-hetero) is 1. The lowest BCUT2D eigenvalue weighted by Crippen LogP contribution is -2.00. The molecule has 0 radical (unpaired) electrons. The van der Waals surface area contributed by atoms with Crippen LogP contribution in [0.5, 0.6) is 0 Å². The lowest BCUT2D eigenvalue weighted by Gasteiger charge is -2.05. The van der Waals surface area contributed by atoms with Crippen LogP contribution in [0.25, 0.3) is 0 Å². The van der Waals surface area contributed by atoms with Crippen LogP contribution in [0.4, 0.5) is 0 Å². The van der Waals surface area contributed by atoms with E-state index >= 15 is 0 Å². The molecule has 1 heteroatoms. The van der Waals surface area contributed by atoms with Crippen LogP contribution in [0.2, 0.25) is 0 Å². The molecule has 0 aliphatic carbocycles. The molecule has 0 aliphatic heterocycles. The summed E-state index contributed by atoms with van der Waals surface area (Å²) < 4.78 is 0. The molecular formula is C10H18O. The van der Waals surface area contributed by atoms with Crippen LogP contribution in [0, 0.1) is 5.92 Å². The standard InChI is InChI=1S/C10H18O/c1-4-5-6-7-9(2)8-10(3)11/h4-5,9H,6-8H2,1-3H3. The number of ketones is 1. The van der Waals surface area contributed by atoms with Gasteiger partial charge in [0.15, 0.2) is 0 Å². The van der Waals surface area contributed by atoms with Gasteiger partial charge in [0.2, 0.25) is 0 Å². The highest BCUT2D eigenvalue weighted by Crippen LogP contribution is 2.10. The molecule has 0 aromatic heterocycles. The maximum absolute atomic E-state index is 10.7. The summed E-state index contributed by atoms with van der Waals surface area (Å²) >= 11 is 0. The van der Waals surface area contributed by atoms with E-state index in [1.54, 1.807) is 6.92 Å². The summed E-state index contributed by atoms with van der Waals surface area (Å²) in [6, 6.07) is 0. The fraction of sp³-hybridized carbons (Fsp3) is 0.700. The van der Waals surface area contributed by atoms with Crippen molar-refractivity contribution in [2.24, 2.45) is 5.92 Å². The Balaban J connectivity index is 3.36. The Morgan fingerprint density at radius 2 is 2.18 bits per heavy atom. The third kappa shape index (κ3) is 7.31. The van der Waals surface area contributed by atoms with Crippen molar-refractivity contribution in [1.82, 2.24) is 0 Å². The van der Waals surface area contributed by atoms with Gasteiger partial charge in [-0.15, -0.1) is 0 Å². The van der Waals surface area contributed by atoms with Crippen LogP contribution in [0.1, 0.15) is 40.0 Å². The minimum atomic E-state index is 0.304. The second-order valence-electron chi connectivity index (χ2n) is 3.16. The van der Waals surface area contributed by atoms with Crippen LogP contribution in [-0.4, -0.2) is 5.78 Å². The average molecular weight is 154 g/mol. The Morgan fingerprint density at radius 1 is 1.55 bits per heavy atom. The van der Waals surface area contributed by atoms with Crippen LogP contribution < -0.4 is 0 Å². The largest absolute Gasteiger partial charge is 0.300 e. The fourth-order valence-electron chi connectivity index (χ4n) is 1.14. The second-order valence-corrected chi connectivity index (χ2v) is 3.16. The molecule has 0 rings (SSSR count). The zero-order chi connectivity index (χ0) is 8.69. The topological polar surface area (TPSA) is 17.1 Å². The molecule has 1 nitrogen and oxygen atoms in total. The molecular weight excluding hydrogens is 136 g/mol. The van der Waals surface area contributed by atoms with Crippen LogP contribution >= 0.6 is 0 Å². The van der Waals surface area contributed by atoms with Gasteiger partial charge in [0.1, 0.15) is 5.78 Å². The number of hydrogen-bond acceptors (Lipinski definition) is 1. The summed E-state index contributed by atoms with van der Waals surface area (Å²) in [5, 5.41) is 0. The highest BCUT2D eigenvalue weighted by molar-refractivity contribution is 5.75. The van der Waals surface area contributed by atoms with Gasteiger partial charge in [-0.3, -0.25) is 0 Å². The van der Waals surface area contributed by atoms with E-state index in [9.17, 15) is 4.79 Å². The fourth-order valence-corrected chi connectivity index (χ4v) is 1.14. The molecule has 11 heavy (non-hydrogen) atoms. The van der Waals surface area contributed by atoms with Crippen molar-refractivity contribution in [2.45, 2.75) is 40.0 Å². The molecule has 1 unspecified atom stereocenters. The predicted octanol–water partition coefficient (Wildman–Crippen LogP) is 2.96.